The first-order valence-electron chi connectivity index (χ1n) is 6.46. The van der Waals surface area contributed by atoms with Gasteiger partial charge in [0.1, 0.15) is 0 Å². The lowest BCUT2D eigenvalue weighted by Crippen LogP contribution is -2.47. The van der Waals surface area contributed by atoms with E-state index < -0.39 is 0 Å². The van der Waals surface area contributed by atoms with Crippen molar-refractivity contribution < 1.29 is 4.79 Å². The Labute approximate surface area is 105 Å². The van der Waals surface area contributed by atoms with Crippen LogP contribution in [0, 0.1) is 0 Å². The standard InChI is InChI=1S/C14H24N2O/c1-4-5-6-7-8-13(2)14(17)16-11-9-15(3)10-12-16/h6-8H,4-5,9-12H2,1-3H3/b7-6-,13-8+. The van der Waals surface area contributed by atoms with Crippen LogP contribution in [-0.4, -0.2) is 48.9 Å². The van der Waals surface area contributed by atoms with Crippen LogP contribution in [0.5, 0.6) is 0 Å². The van der Waals surface area contributed by atoms with Crippen molar-refractivity contribution in [2.24, 2.45) is 0 Å². The van der Waals surface area contributed by atoms with E-state index in [9.17, 15) is 4.79 Å². The maximum absolute atomic E-state index is 12.1. The summed E-state index contributed by atoms with van der Waals surface area (Å²) in [4.78, 5) is 16.3. The zero-order valence-electron chi connectivity index (χ0n) is 11.3. The van der Waals surface area contributed by atoms with E-state index in [1.165, 1.54) is 0 Å². The highest BCUT2D eigenvalue weighted by molar-refractivity contribution is 5.93. The molecule has 0 N–H and O–H groups in total. The van der Waals surface area contributed by atoms with Gasteiger partial charge in [0.05, 0.1) is 0 Å². The van der Waals surface area contributed by atoms with Crippen molar-refractivity contribution in [3.63, 3.8) is 0 Å². The maximum atomic E-state index is 12.1. The number of nitrogens with zero attached hydrogens (tertiary/aromatic N) is 2. The minimum atomic E-state index is 0.180. The molecule has 0 aromatic heterocycles. The molecule has 3 heteroatoms. The van der Waals surface area contributed by atoms with Gasteiger partial charge < -0.3 is 9.80 Å². The van der Waals surface area contributed by atoms with Crippen LogP contribution in [0.3, 0.4) is 0 Å². The Balaban J connectivity index is 2.46. The molecule has 1 saturated heterocycles. The molecule has 0 aromatic rings. The molecule has 1 fully saturated rings. The predicted octanol–water partition coefficient (Wildman–Crippen LogP) is 2.06. The molecule has 0 unspecified atom stereocenters. The lowest BCUT2D eigenvalue weighted by Gasteiger charge is -2.32. The molecule has 1 amide bonds. The first-order chi connectivity index (χ1) is 8.15. The summed E-state index contributed by atoms with van der Waals surface area (Å²) in [6, 6.07) is 0. The Morgan fingerprint density at radius 3 is 2.47 bits per heavy atom. The van der Waals surface area contributed by atoms with Crippen LogP contribution in [0.1, 0.15) is 26.7 Å². The van der Waals surface area contributed by atoms with E-state index in [4.69, 9.17) is 0 Å². The quantitative estimate of drug-likeness (QED) is 0.551. The van der Waals surface area contributed by atoms with Crippen molar-refractivity contribution in [3.8, 4) is 0 Å². The van der Waals surface area contributed by atoms with Crippen LogP contribution < -0.4 is 0 Å². The van der Waals surface area contributed by atoms with Crippen LogP contribution >= 0.6 is 0 Å². The minimum Gasteiger partial charge on any atom is -0.336 e. The van der Waals surface area contributed by atoms with Gasteiger partial charge in [0.2, 0.25) is 5.91 Å². The topological polar surface area (TPSA) is 23.6 Å². The number of hydrogen-bond donors (Lipinski definition) is 0. The van der Waals surface area contributed by atoms with Gasteiger partial charge in [-0.15, -0.1) is 0 Å². The average Bonchev–Trinajstić information content (AvgIpc) is 2.34. The van der Waals surface area contributed by atoms with Crippen LogP contribution in [0.15, 0.2) is 23.8 Å². The van der Waals surface area contributed by atoms with Crippen molar-refractivity contribution in [2.75, 3.05) is 33.2 Å². The summed E-state index contributed by atoms with van der Waals surface area (Å²) in [6.07, 6.45) is 8.26. The highest BCUT2D eigenvalue weighted by Gasteiger charge is 2.19. The van der Waals surface area contributed by atoms with Gasteiger partial charge in [-0.1, -0.05) is 31.6 Å². The Bertz CT molecular complexity index is 299. The van der Waals surface area contributed by atoms with Gasteiger partial charge in [-0.2, -0.15) is 0 Å². The second-order valence-electron chi connectivity index (χ2n) is 4.66. The van der Waals surface area contributed by atoms with Crippen molar-refractivity contribution in [1.82, 2.24) is 9.80 Å². The summed E-state index contributed by atoms with van der Waals surface area (Å²) in [5.74, 6) is 0.180. The van der Waals surface area contributed by atoms with E-state index in [0.29, 0.717) is 0 Å². The number of allylic oxidation sites excluding steroid dienone is 3. The SMILES string of the molecule is CCC/C=C\C=C(/C)C(=O)N1CCN(C)CC1. The molecule has 1 rings (SSSR count). The Morgan fingerprint density at radius 1 is 1.24 bits per heavy atom. The summed E-state index contributed by atoms with van der Waals surface area (Å²) in [6.45, 7) is 7.70. The van der Waals surface area contributed by atoms with Crippen molar-refractivity contribution >= 4 is 5.91 Å². The lowest BCUT2D eigenvalue weighted by molar-refractivity contribution is -0.128. The summed E-state index contributed by atoms with van der Waals surface area (Å²) < 4.78 is 0. The third-order valence-corrected chi connectivity index (χ3v) is 3.07. The van der Waals surface area contributed by atoms with Gasteiger partial charge in [-0.3, -0.25) is 4.79 Å². The fourth-order valence-corrected chi connectivity index (χ4v) is 1.81. The molecular weight excluding hydrogens is 212 g/mol. The fourth-order valence-electron chi connectivity index (χ4n) is 1.81. The minimum absolute atomic E-state index is 0.180. The van der Waals surface area contributed by atoms with E-state index in [2.05, 4.69) is 24.9 Å². The number of likely N-dealkylation sites (N-methyl/N-ethyl adjacent to an activating group) is 1. The third kappa shape index (κ3) is 4.73. The highest BCUT2D eigenvalue weighted by Crippen LogP contribution is 2.06. The van der Waals surface area contributed by atoms with E-state index in [-0.39, 0.29) is 5.91 Å². The van der Waals surface area contributed by atoms with E-state index in [1.807, 2.05) is 24.0 Å². The predicted molar refractivity (Wildman–Crippen MR) is 71.9 cm³/mol. The maximum Gasteiger partial charge on any atom is 0.249 e. The smallest absolute Gasteiger partial charge is 0.249 e. The normalized spacial score (nSPS) is 19.0. The van der Waals surface area contributed by atoms with Gasteiger partial charge in [0.25, 0.3) is 0 Å². The summed E-state index contributed by atoms with van der Waals surface area (Å²) in [5, 5.41) is 0. The lowest BCUT2D eigenvalue weighted by atomic mass is 10.2. The van der Waals surface area contributed by atoms with Crippen LogP contribution in [0.4, 0.5) is 0 Å². The molecule has 3 nitrogen and oxygen atoms in total. The molecule has 0 bridgehead atoms. The van der Waals surface area contributed by atoms with Gasteiger partial charge in [-0.05, 0) is 20.4 Å². The molecule has 0 aliphatic carbocycles. The number of hydrogen-bond acceptors (Lipinski definition) is 2. The number of amides is 1. The molecular formula is C14H24N2O. The van der Waals surface area contributed by atoms with Gasteiger partial charge in [0, 0.05) is 31.8 Å². The molecule has 0 radical (unpaired) electrons. The van der Waals surface area contributed by atoms with Crippen LogP contribution in [-0.2, 0) is 4.79 Å². The van der Waals surface area contributed by atoms with Gasteiger partial charge in [-0.25, -0.2) is 0 Å². The second-order valence-corrected chi connectivity index (χ2v) is 4.66. The van der Waals surface area contributed by atoms with Crippen LogP contribution in [0.2, 0.25) is 0 Å². The Hall–Kier alpha value is -1.09. The van der Waals surface area contributed by atoms with Crippen molar-refractivity contribution in [1.29, 1.82) is 0 Å². The highest BCUT2D eigenvalue weighted by atomic mass is 16.2. The largest absolute Gasteiger partial charge is 0.336 e. The zero-order chi connectivity index (χ0) is 12.7. The number of piperazine rings is 1. The summed E-state index contributed by atoms with van der Waals surface area (Å²) in [5.41, 5.74) is 0.835. The summed E-state index contributed by atoms with van der Waals surface area (Å²) >= 11 is 0. The third-order valence-electron chi connectivity index (χ3n) is 3.07. The molecule has 1 aliphatic heterocycles. The molecule has 96 valence electrons. The second kappa shape index (κ2) is 7.28. The monoisotopic (exact) mass is 236 g/mol. The molecule has 0 aromatic carbocycles. The van der Waals surface area contributed by atoms with E-state index in [0.717, 1.165) is 44.6 Å². The average molecular weight is 236 g/mol. The Kier molecular flexibility index (Phi) is 5.98. The number of carbonyl (C=O) groups excluding carboxylic acids is 1. The molecule has 0 saturated carbocycles. The number of unbranched alkanes of at least 4 members (excludes halogenated alkanes) is 1. The first-order valence-corrected chi connectivity index (χ1v) is 6.46. The van der Waals surface area contributed by atoms with Gasteiger partial charge >= 0.3 is 0 Å². The molecule has 1 aliphatic rings. The number of carbonyl (C=O) groups is 1. The molecule has 0 spiro atoms. The molecule has 17 heavy (non-hydrogen) atoms. The van der Waals surface area contributed by atoms with Crippen molar-refractivity contribution in [2.45, 2.75) is 26.7 Å². The van der Waals surface area contributed by atoms with Crippen LogP contribution in [0.25, 0.3) is 0 Å². The molecule has 0 atom stereocenters. The Morgan fingerprint density at radius 2 is 1.88 bits per heavy atom. The molecule has 1 heterocycles. The zero-order valence-corrected chi connectivity index (χ0v) is 11.3. The number of rotatable bonds is 4. The first kappa shape index (κ1) is 14.0. The van der Waals surface area contributed by atoms with Gasteiger partial charge in [0.15, 0.2) is 0 Å². The summed E-state index contributed by atoms with van der Waals surface area (Å²) in [7, 11) is 2.10. The van der Waals surface area contributed by atoms with E-state index in [1.54, 1.807) is 0 Å². The fraction of sp³-hybridized carbons (Fsp3) is 0.643. The van der Waals surface area contributed by atoms with E-state index >= 15 is 0 Å². The van der Waals surface area contributed by atoms with Crippen molar-refractivity contribution in [3.05, 3.63) is 23.8 Å².